The van der Waals surface area contributed by atoms with E-state index in [9.17, 15) is 4.79 Å². The third kappa shape index (κ3) is 4.05. The van der Waals surface area contributed by atoms with Crippen LogP contribution in [-0.2, 0) is 14.9 Å². The van der Waals surface area contributed by atoms with Crippen LogP contribution in [0.5, 0.6) is 0 Å². The normalized spacial score (nSPS) is 20.8. The van der Waals surface area contributed by atoms with Gasteiger partial charge in [0.2, 0.25) is 17.8 Å². The van der Waals surface area contributed by atoms with Gasteiger partial charge in [-0.05, 0) is 25.0 Å². The number of fused-ring (bicyclic) bond motifs is 1. The van der Waals surface area contributed by atoms with Gasteiger partial charge in [-0.2, -0.15) is 15.1 Å². The summed E-state index contributed by atoms with van der Waals surface area (Å²) in [6.45, 7) is 2.71. The zero-order chi connectivity index (χ0) is 24.0. The summed E-state index contributed by atoms with van der Waals surface area (Å²) in [5.74, 6) is 1.85. The lowest BCUT2D eigenvalue weighted by Gasteiger charge is -2.24. The number of methoxy groups -OCH3 is 1. The molecule has 0 radical (unpaired) electrons. The number of nitrogens with zero attached hydrogens (tertiary/aromatic N) is 7. The fourth-order valence-electron chi connectivity index (χ4n) is 4.41. The number of anilines is 4. The molecule has 12 nitrogen and oxygen atoms in total. The molecule has 4 aromatic heterocycles. The molecule has 6 rings (SSSR count). The second-order valence-corrected chi connectivity index (χ2v) is 9.28. The van der Waals surface area contributed by atoms with Gasteiger partial charge in [-0.15, -0.1) is 0 Å². The first kappa shape index (κ1) is 21.5. The molecule has 0 unspecified atom stereocenters. The van der Waals surface area contributed by atoms with Crippen LogP contribution >= 0.6 is 0 Å². The van der Waals surface area contributed by atoms with E-state index < -0.39 is 6.04 Å². The Hall–Kier alpha value is -4.06. The van der Waals surface area contributed by atoms with E-state index >= 15 is 0 Å². The van der Waals surface area contributed by atoms with Gasteiger partial charge >= 0.3 is 0 Å². The van der Waals surface area contributed by atoms with Gasteiger partial charge in [0.25, 0.3) is 0 Å². The zero-order valence-corrected chi connectivity index (χ0v) is 19.5. The highest BCUT2D eigenvalue weighted by atomic mass is 16.5. The van der Waals surface area contributed by atoms with Gasteiger partial charge < -0.3 is 20.3 Å². The Bertz CT molecular complexity index is 1360. The molecule has 2 atom stereocenters. The molecule has 3 N–H and O–H groups in total. The molecule has 2 fully saturated rings. The molecule has 180 valence electrons. The van der Waals surface area contributed by atoms with Crippen LogP contribution < -0.4 is 15.5 Å². The van der Waals surface area contributed by atoms with Crippen molar-refractivity contribution in [1.29, 1.82) is 0 Å². The summed E-state index contributed by atoms with van der Waals surface area (Å²) >= 11 is 0. The van der Waals surface area contributed by atoms with Crippen molar-refractivity contribution in [2.75, 3.05) is 29.2 Å². The average Bonchev–Trinajstić information content (AvgIpc) is 3.28. The number of aromatic amines is 1. The molecule has 0 spiro atoms. The number of hydrogen-bond donors (Lipinski definition) is 3. The molecule has 1 aliphatic carbocycles. The zero-order valence-electron chi connectivity index (χ0n) is 19.5. The fourth-order valence-corrected chi connectivity index (χ4v) is 4.41. The number of hydrogen-bond acceptors (Lipinski definition) is 9. The van der Waals surface area contributed by atoms with E-state index in [1.54, 1.807) is 13.3 Å². The number of aromatic nitrogens is 7. The minimum atomic E-state index is -0.529. The molecule has 2 aliphatic rings. The standard InChI is InChI=1S/C23H26N10O2/c1-23(5-6-23)16-11-17(31-30-16)27-21-29-22(28-19-4-3-9-32(19)21)33-13-14(35-2)10-15(33)20(34)26-18-12-24-7-8-25-18/h3-4,7-9,11-12,14-15H,5-6,10,13H2,1-2H3,(H,25,26,34)(H2,27,28,29,30,31)/t14-,15-/m0/s1. The van der Waals surface area contributed by atoms with Crippen LogP contribution in [0, 0.1) is 0 Å². The molecule has 1 amide bonds. The van der Waals surface area contributed by atoms with E-state index in [1.165, 1.54) is 12.4 Å². The van der Waals surface area contributed by atoms with Crippen LogP contribution in [-0.4, -0.2) is 66.2 Å². The Morgan fingerprint density at radius 3 is 2.91 bits per heavy atom. The first-order chi connectivity index (χ1) is 17.0. The van der Waals surface area contributed by atoms with Gasteiger partial charge in [0.1, 0.15) is 11.7 Å². The van der Waals surface area contributed by atoms with E-state index in [4.69, 9.17) is 14.7 Å². The Balaban J connectivity index is 1.31. The SMILES string of the molecule is CO[C@H]1C[C@@H](C(=O)Nc2cnccn2)N(c2nc(Nc3cc(C4(C)CC4)[nH]n3)n3cccc3n2)C1. The maximum absolute atomic E-state index is 13.2. The van der Waals surface area contributed by atoms with Crippen molar-refractivity contribution in [3.05, 3.63) is 48.7 Å². The molecule has 0 aromatic carbocycles. The van der Waals surface area contributed by atoms with E-state index in [0.717, 1.165) is 18.5 Å². The van der Waals surface area contributed by atoms with Gasteiger partial charge in [-0.25, -0.2) is 4.98 Å². The summed E-state index contributed by atoms with van der Waals surface area (Å²) in [4.78, 5) is 32.7. The quantitative estimate of drug-likeness (QED) is 0.368. The highest BCUT2D eigenvalue weighted by Gasteiger charge is 2.41. The third-order valence-electron chi connectivity index (χ3n) is 6.81. The van der Waals surface area contributed by atoms with Crippen LogP contribution in [0.25, 0.3) is 5.65 Å². The Morgan fingerprint density at radius 1 is 1.26 bits per heavy atom. The summed E-state index contributed by atoms with van der Waals surface area (Å²) in [6, 6.07) is 5.30. The maximum Gasteiger partial charge on any atom is 0.248 e. The molecule has 0 bridgehead atoms. The smallest absolute Gasteiger partial charge is 0.248 e. The Kier molecular flexibility index (Phi) is 5.10. The van der Waals surface area contributed by atoms with Crippen LogP contribution in [0.4, 0.5) is 23.5 Å². The van der Waals surface area contributed by atoms with Crippen LogP contribution in [0.1, 0.15) is 31.9 Å². The number of rotatable bonds is 7. The number of nitrogens with one attached hydrogen (secondary N) is 3. The highest BCUT2D eigenvalue weighted by Crippen LogP contribution is 2.47. The number of carbonyl (C=O) groups excluding carboxylic acids is 1. The van der Waals surface area contributed by atoms with Crippen molar-refractivity contribution < 1.29 is 9.53 Å². The maximum atomic E-state index is 13.2. The molecule has 5 heterocycles. The fraction of sp³-hybridized carbons (Fsp3) is 0.391. The lowest BCUT2D eigenvalue weighted by molar-refractivity contribution is -0.117. The van der Waals surface area contributed by atoms with E-state index in [1.807, 2.05) is 33.7 Å². The Labute approximate surface area is 201 Å². The predicted octanol–water partition coefficient (Wildman–Crippen LogP) is 2.27. The lowest BCUT2D eigenvalue weighted by atomic mass is 10.1. The summed E-state index contributed by atoms with van der Waals surface area (Å²) in [6.07, 6.45) is 9.16. The number of H-pyrrole nitrogens is 1. The molecule has 12 heteroatoms. The molecular weight excluding hydrogens is 448 g/mol. The molecule has 1 saturated heterocycles. The van der Waals surface area contributed by atoms with Crippen molar-refractivity contribution in [1.82, 2.24) is 34.5 Å². The highest BCUT2D eigenvalue weighted by molar-refractivity contribution is 5.96. The predicted molar refractivity (Wildman–Crippen MR) is 129 cm³/mol. The summed E-state index contributed by atoms with van der Waals surface area (Å²) in [7, 11) is 1.64. The minimum absolute atomic E-state index is 0.135. The van der Waals surface area contributed by atoms with Crippen molar-refractivity contribution >= 4 is 35.1 Å². The number of amides is 1. The molecule has 1 saturated carbocycles. The van der Waals surface area contributed by atoms with E-state index in [-0.39, 0.29) is 17.4 Å². The lowest BCUT2D eigenvalue weighted by Crippen LogP contribution is -2.41. The van der Waals surface area contributed by atoms with Gasteiger partial charge in [0.05, 0.1) is 12.3 Å². The first-order valence-corrected chi connectivity index (χ1v) is 11.6. The van der Waals surface area contributed by atoms with E-state index in [2.05, 4.69) is 37.7 Å². The largest absolute Gasteiger partial charge is 0.380 e. The number of ether oxygens (including phenoxy) is 1. The van der Waals surface area contributed by atoms with Crippen LogP contribution in [0.15, 0.2) is 43.0 Å². The topological polar surface area (TPSA) is 138 Å². The summed E-state index contributed by atoms with van der Waals surface area (Å²) in [5, 5.41) is 13.7. The Morgan fingerprint density at radius 2 is 2.14 bits per heavy atom. The van der Waals surface area contributed by atoms with Crippen molar-refractivity contribution in [3.63, 3.8) is 0 Å². The van der Waals surface area contributed by atoms with Crippen LogP contribution in [0.2, 0.25) is 0 Å². The van der Waals surface area contributed by atoms with Crippen molar-refractivity contribution in [2.45, 2.75) is 43.7 Å². The molecule has 1 aliphatic heterocycles. The van der Waals surface area contributed by atoms with Gasteiger partial charge in [-0.1, -0.05) is 6.92 Å². The van der Waals surface area contributed by atoms with Gasteiger partial charge in [0, 0.05) is 55.8 Å². The van der Waals surface area contributed by atoms with E-state index in [0.29, 0.717) is 42.1 Å². The van der Waals surface area contributed by atoms with Crippen LogP contribution in [0.3, 0.4) is 0 Å². The second-order valence-electron chi connectivity index (χ2n) is 9.28. The monoisotopic (exact) mass is 474 g/mol. The van der Waals surface area contributed by atoms with Gasteiger partial charge in [0.15, 0.2) is 11.6 Å². The second kappa shape index (κ2) is 8.31. The van der Waals surface area contributed by atoms with Crippen molar-refractivity contribution in [2.24, 2.45) is 0 Å². The summed E-state index contributed by atoms with van der Waals surface area (Å²) in [5.41, 5.74) is 2.00. The molecular formula is C23H26N10O2. The average molecular weight is 475 g/mol. The summed E-state index contributed by atoms with van der Waals surface area (Å²) < 4.78 is 7.45. The minimum Gasteiger partial charge on any atom is -0.380 e. The third-order valence-corrected chi connectivity index (χ3v) is 6.81. The molecule has 35 heavy (non-hydrogen) atoms. The van der Waals surface area contributed by atoms with Crippen molar-refractivity contribution in [3.8, 4) is 0 Å². The number of carbonyl (C=O) groups is 1. The molecule has 4 aromatic rings. The van der Waals surface area contributed by atoms with Gasteiger partial charge in [-0.3, -0.25) is 19.3 Å². The first-order valence-electron chi connectivity index (χ1n) is 11.6.